The van der Waals surface area contributed by atoms with Crippen LogP contribution in [0.15, 0.2) is 53.6 Å². The second-order valence-corrected chi connectivity index (χ2v) is 7.76. The van der Waals surface area contributed by atoms with Crippen LogP contribution in [0.5, 0.6) is 5.75 Å². The smallest absolute Gasteiger partial charge is 0.257 e. The fourth-order valence-electron chi connectivity index (χ4n) is 4.08. The van der Waals surface area contributed by atoms with Crippen molar-refractivity contribution in [3.05, 3.63) is 59.9 Å². The van der Waals surface area contributed by atoms with Gasteiger partial charge in [-0.3, -0.25) is 9.69 Å². The van der Waals surface area contributed by atoms with Crippen LogP contribution in [0.25, 0.3) is 11.0 Å². The fraction of sp³-hybridized carbons (Fsp3) is 0.348. The Morgan fingerprint density at radius 2 is 2.03 bits per heavy atom. The van der Waals surface area contributed by atoms with Crippen LogP contribution in [-0.2, 0) is 9.53 Å². The van der Waals surface area contributed by atoms with Gasteiger partial charge in [-0.25, -0.2) is 9.99 Å². The van der Waals surface area contributed by atoms with Gasteiger partial charge in [0.15, 0.2) is 0 Å². The molecule has 3 heterocycles. The van der Waals surface area contributed by atoms with Gasteiger partial charge in [0.25, 0.3) is 5.91 Å². The molecule has 1 fully saturated rings. The van der Waals surface area contributed by atoms with Crippen LogP contribution in [0, 0.1) is 0 Å². The van der Waals surface area contributed by atoms with Crippen molar-refractivity contribution in [2.75, 3.05) is 40.0 Å². The maximum atomic E-state index is 13.3. The average molecular weight is 419 g/mol. The molecule has 0 spiro atoms. The molecule has 1 amide bonds. The number of carbonyl (C=O) groups is 1. The number of benzene rings is 2. The zero-order chi connectivity index (χ0) is 21.2. The fourth-order valence-corrected chi connectivity index (χ4v) is 4.08. The van der Waals surface area contributed by atoms with E-state index in [0.717, 1.165) is 47.0 Å². The third-order valence-corrected chi connectivity index (χ3v) is 5.75. The molecular weight excluding hydrogens is 394 g/mol. The number of nitrogens with one attached hydrogen (secondary N) is 1. The molecule has 0 aliphatic carbocycles. The third kappa shape index (κ3) is 4.04. The number of methoxy groups -OCH3 is 1. The highest BCUT2D eigenvalue weighted by Gasteiger charge is 2.36. The molecule has 5 rings (SSSR count). The summed E-state index contributed by atoms with van der Waals surface area (Å²) in [7, 11) is 1.64. The van der Waals surface area contributed by atoms with Gasteiger partial charge in [-0.15, -0.1) is 0 Å². The van der Waals surface area contributed by atoms with E-state index in [0.29, 0.717) is 26.2 Å². The van der Waals surface area contributed by atoms with Gasteiger partial charge in [-0.05, 0) is 24.3 Å². The highest BCUT2D eigenvalue weighted by molar-refractivity contribution is 6.03. The number of rotatable bonds is 5. The first-order chi connectivity index (χ1) is 15.2. The van der Waals surface area contributed by atoms with Crippen LogP contribution in [0.2, 0.25) is 0 Å². The SMILES string of the molecule is COc1cccc(C2=NN(C(=O)CN3CCOCC3)C(c3nc4ccccc4[nH]3)C2)c1. The standard InChI is InChI=1S/C23H25N5O3/c1-30-17-6-4-5-16(13-17)20-14-21(23-24-18-7-2-3-8-19(18)25-23)28(26-20)22(29)15-27-9-11-31-12-10-27/h2-8,13,21H,9-12,14-15H2,1H3,(H,24,25). The molecule has 160 valence electrons. The number of nitrogens with zero attached hydrogens (tertiary/aromatic N) is 4. The molecule has 31 heavy (non-hydrogen) atoms. The molecule has 8 heteroatoms. The summed E-state index contributed by atoms with van der Waals surface area (Å²) in [5.74, 6) is 1.47. The quantitative estimate of drug-likeness (QED) is 0.687. The zero-order valence-electron chi connectivity index (χ0n) is 17.5. The number of H-pyrrole nitrogens is 1. The van der Waals surface area contributed by atoms with E-state index in [1.807, 2.05) is 48.5 Å². The molecule has 2 aliphatic rings. The molecule has 3 aromatic rings. The number of para-hydroxylation sites is 2. The first-order valence-corrected chi connectivity index (χ1v) is 10.5. The van der Waals surface area contributed by atoms with E-state index >= 15 is 0 Å². The molecule has 0 saturated carbocycles. The Balaban J connectivity index is 1.46. The van der Waals surface area contributed by atoms with E-state index < -0.39 is 0 Å². The molecule has 0 radical (unpaired) electrons. The predicted octanol–water partition coefficient (Wildman–Crippen LogP) is 2.58. The molecule has 2 aromatic carbocycles. The number of hydrogen-bond acceptors (Lipinski definition) is 6. The molecule has 1 atom stereocenters. The van der Waals surface area contributed by atoms with Crippen molar-refractivity contribution in [3.8, 4) is 5.75 Å². The van der Waals surface area contributed by atoms with Crippen molar-refractivity contribution < 1.29 is 14.3 Å². The van der Waals surface area contributed by atoms with Crippen LogP contribution in [0.1, 0.15) is 23.9 Å². The number of carbonyl (C=O) groups excluding carboxylic acids is 1. The second-order valence-electron chi connectivity index (χ2n) is 7.76. The van der Waals surface area contributed by atoms with Gasteiger partial charge in [0.2, 0.25) is 0 Å². The molecule has 8 nitrogen and oxygen atoms in total. The highest BCUT2D eigenvalue weighted by atomic mass is 16.5. The van der Waals surface area contributed by atoms with Gasteiger partial charge >= 0.3 is 0 Å². The number of ether oxygens (including phenoxy) is 2. The number of morpholine rings is 1. The van der Waals surface area contributed by atoms with Crippen LogP contribution in [-0.4, -0.2) is 71.5 Å². The molecule has 1 unspecified atom stereocenters. The lowest BCUT2D eigenvalue weighted by atomic mass is 10.0. The van der Waals surface area contributed by atoms with E-state index in [-0.39, 0.29) is 11.9 Å². The van der Waals surface area contributed by atoms with Crippen molar-refractivity contribution in [1.29, 1.82) is 0 Å². The molecule has 1 N–H and O–H groups in total. The Hall–Kier alpha value is -3.23. The largest absolute Gasteiger partial charge is 0.497 e. The zero-order valence-corrected chi connectivity index (χ0v) is 17.5. The number of hydrazone groups is 1. The molecule has 0 bridgehead atoms. The minimum Gasteiger partial charge on any atom is -0.497 e. The van der Waals surface area contributed by atoms with E-state index in [4.69, 9.17) is 19.6 Å². The van der Waals surface area contributed by atoms with Crippen LogP contribution >= 0.6 is 0 Å². The summed E-state index contributed by atoms with van der Waals surface area (Å²) in [4.78, 5) is 23.5. The van der Waals surface area contributed by atoms with E-state index in [1.54, 1.807) is 12.1 Å². The minimum absolute atomic E-state index is 0.0368. The van der Waals surface area contributed by atoms with Crippen LogP contribution in [0.4, 0.5) is 0 Å². The topological polar surface area (TPSA) is 83.1 Å². The number of aromatic nitrogens is 2. The number of amides is 1. The van der Waals surface area contributed by atoms with Gasteiger partial charge in [0.05, 0.1) is 43.6 Å². The minimum atomic E-state index is -0.276. The van der Waals surface area contributed by atoms with Crippen molar-refractivity contribution >= 4 is 22.7 Å². The second kappa shape index (κ2) is 8.49. The maximum Gasteiger partial charge on any atom is 0.257 e. The lowest BCUT2D eigenvalue weighted by Gasteiger charge is -2.28. The van der Waals surface area contributed by atoms with Gasteiger partial charge in [0.1, 0.15) is 17.6 Å². The predicted molar refractivity (Wildman–Crippen MR) is 117 cm³/mol. The van der Waals surface area contributed by atoms with Crippen molar-refractivity contribution in [2.45, 2.75) is 12.5 Å². The summed E-state index contributed by atoms with van der Waals surface area (Å²) < 4.78 is 10.8. The monoisotopic (exact) mass is 419 g/mol. The summed E-state index contributed by atoms with van der Waals surface area (Å²) in [6, 6.07) is 15.4. The van der Waals surface area contributed by atoms with E-state index in [1.165, 1.54) is 0 Å². The van der Waals surface area contributed by atoms with Crippen molar-refractivity contribution in [1.82, 2.24) is 19.9 Å². The lowest BCUT2D eigenvalue weighted by molar-refractivity contribution is -0.135. The summed E-state index contributed by atoms with van der Waals surface area (Å²) in [5.41, 5.74) is 3.63. The van der Waals surface area contributed by atoms with Gasteiger partial charge in [0, 0.05) is 25.1 Å². The average Bonchev–Trinajstić information content (AvgIpc) is 3.44. The Labute approximate surface area is 180 Å². The van der Waals surface area contributed by atoms with Gasteiger partial charge in [-0.1, -0.05) is 24.3 Å². The Morgan fingerprint density at radius 1 is 1.19 bits per heavy atom. The Kier molecular flexibility index (Phi) is 5.40. The van der Waals surface area contributed by atoms with E-state index in [2.05, 4.69) is 9.88 Å². The number of hydrogen-bond donors (Lipinski definition) is 1. The normalized spacial score (nSPS) is 19.6. The summed E-state index contributed by atoms with van der Waals surface area (Å²) in [5, 5.41) is 6.35. The van der Waals surface area contributed by atoms with Crippen LogP contribution < -0.4 is 4.74 Å². The van der Waals surface area contributed by atoms with Gasteiger partial charge < -0.3 is 14.5 Å². The van der Waals surface area contributed by atoms with Crippen molar-refractivity contribution in [2.24, 2.45) is 5.10 Å². The summed E-state index contributed by atoms with van der Waals surface area (Å²) >= 11 is 0. The third-order valence-electron chi connectivity index (χ3n) is 5.75. The summed E-state index contributed by atoms with van der Waals surface area (Å²) in [6.07, 6.45) is 0.585. The Morgan fingerprint density at radius 3 is 2.84 bits per heavy atom. The summed E-state index contributed by atoms with van der Waals surface area (Å²) in [6.45, 7) is 3.12. The molecule has 2 aliphatic heterocycles. The number of aromatic amines is 1. The maximum absolute atomic E-state index is 13.3. The molecular formula is C23H25N5O3. The lowest BCUT2D eigenvalue weighted by Crippen LogP contribution is -2.43. The first kappa shape index (κ1) is 19.7. The van der Waals surface area contributed by atoms with Crippen LogP contribution in [0.3, 0.4) is 0 Å². The highest BCUT2D eigenvalue weighted by Crippen LogP contribution is 2.33. The van der Waals surface area contributed by atoms with E-state index in [9.17, 15) is 4.79 Å². The Bertz CT molecular complexity index is 1090. The molecule has 1 saturated heterocycles. The first-order valence-electron chi connectivity index (χ1n) is 10.5. The van der Waals surface area contributed by atoms with Crippen molar-refractivity contribution in [3.63, 3.8) is 0 Å². The number of imidazole rings is 1. The van der Waals surface area contributed by atoms with Gasteiger partial charge in [-0.2, -0.15) is 5.10 Å². The number of fused-ring (bicyclic) bond motifs is 1. The molecule has 1 aromatic heterocycles.